The highest BCUT2D eigenvalue weighted by Gasteiger charge is 2.21. The first-order valence-electron chi connectivity index (χ1n) is 9.35. The number of Topliss-reactive ketones (excluding diaryl/α,β-unsaturated/α-hetero) is 1. The summed E-state index contributed by atoms with van der Waals surface area (Å²) in [5.74, 6) is -0.0402. The third-order valence-electron chi connectivity index (χ3n) is 4.40. The molecule has 1 heterocycles. The first kappa shape index (κ1) is 21.8. The van der Waals surface area contributed by atoms with Crippen molar-refractivity contribution in [2.24, 2.45) is 5.92 Å². The first-order chi connectivity index (χ1) is 12.2. The molecule has 1 atom stereocenters. The van der Waals surface area contributed by atoms with Crippen LogP contribution in [-0.2, 0) is 27.2 Å². The fourth-order valence-electron chi connectivity index (χ4n) is 2.84. The van der Waals surface area contributed by atoms with E-state index in [0.717, 1.165) is 17.6 Å². The van der Waals surface area contributed by atoms with Crippen LogP contribution >= 0.6 is 0 Å². The Balaban J connectivity index is 0.000000314. The number of unbranched alkanes of at least 4 members (excludes halogenated alkanes) is 1. The lowest BCUT2D eigenvalue weighted by Gasteiger charge is -2.15. The van der Waals surface area contributed by atoms with E-state index < -0.39 is 0 Å². The molecular formula is C22H31NO3. The van der Waals surface area contributed by atoms with E-state index in [9.17, 15) is 14.4 Å². The van der Waals surface area contributed by atoms with Crippen LogP contribution < -0.4 is 5.32 Å². The summed E-state index contributed by atoms with van der Waals surface area (Å²) in [7, 11) is 0. The lowest BCUT2D eigenvalue weighted by Crippen LogP contribution is -2.39. The van der Waals surface area contributed by atoms with E-state index in [-0.39, 0.29) is 23.5 Å². The molecule has 2 rings (SSSR count). The molecule has 26 heavy (non-hydrogen) atoms. The molecule has 0 radical (unpaired) electrons. The number of aryl methyl sites for hydroxylation is 1. The molecule has 1 fully saturated rings. The van der Waals surface area contributed by atoms with E-state index >= 15 is 0 Å². The zero-order valence-corrected chi connectivity index (χ0v) is 16.5. The van der Waals surface area contributed by atoms with E-state index in [2.05, 4.69) is 31.0 Å². The Labute approximate surface area is 157 Å². The SMILES string of the molecule is C=C(C)c1ccc(CC(C)=O)cc1CCCC.CC1CCC(=O)NC1=O. The van der Waals surface area contributed by atoms with Crippen LogP contribution in [0.15, 0.2) is 24.8 Å². The third-order valence-corrected chi connectivity index (χ3v) is 4.40. The monoisotopic (exact) mass is 357 g/mol. The van der Waals surface area contributed by atoms with Gasteiger partial charge in [0.2, 0.25) is 11.8 Å². The highest BCUT2D eigenvalue weighted by Crippen LogP contribution is 2.21. The van der Waals surface area contributed by atoms with Gasteiger partial charge in [-0.2, -0.15) is 0 Å². The average molecular weight is 357 g/mol. The van der Waals surface area contributed by atoms with Crippen LogP contribution in [0.5, 0.6) is 0 Å². The van der Waals surface area contributed by atoms with Gasteiger partial charge in [0.1, 0.15) is 5.78 Å². The average Bonchev–Trinajstić information content (AvgIpc) is 2.56. The number of rotatable bonds is 6. The normalized spacial score (nSPS) is 16.4. The second-order valence-corrected chi connectivity index (χ2v) is 7.11. The molecule has 2 amide bonds. The zero-order valence-electron chi connectivity index (χ0n) is 16.5. The van der Waals surface area contributed by atoms with Crippen LogP contribution in [0.1, 0.15) is 70.1 Å². The van der Waals surface area contributed by atoms with Crippen molar-refractivity contribution in [3.63, 3.8) is 0 Å². The smallest absolute Gasteiger partial charge is 0.229 e. The predicted molar refractivity (Wildman–Crippen MR) is 106 cm³/mol. The van der Waals surface area contributed by atoms with Gasteiger partial charge >= 0.3 is 0 Å². The molecule has 4 heteroatoms. The molecule has 1 unspecified atom stereocenters. The molecular weight excluding hydrogens is 326 g/mol. The van der Waals surface area contributed by atoms with Crippen molar-refractivity contribution < 1.29 is 14.4 Å². The van der Waals surface area contributed by atoms with Gasteiger partial charge in [-0.25, -0.2) is 0 Å². The number of imide groups is 1. The minimum atomic E-state index is -0.141. The number of carbonyl (C=O) groups excluding carboxylic acids is 3. The van der Waals surface area contributed by atoms with Crippen molar-refractivity contribution in [3.05, 3.63) is 41.5 Å². The lowest BCUT2D eigenvalue weighted by atomic mass is 9.94. The quantitative estimate of drug-likeness (QED) is 0.774. The number of hydrogen-bond donors (Lipinski definition) is 1. The Morgan fingerprint density at radius 1 is 1.27 bits per heavy atom. The zero-order chi connectivity index (χ0) is 19.7. The van der Waals surface area contributed by atoms with Crippen LogP contribution in [0.2, 0.25) is 0 Å². The van der Waals surface area contributed by atoms with Crippen LogP contribution in [0.25, 0.3) is 5.57 Å². The summed E-state index contributed by atoms with van der Waals surface area (Å²) < 4.78 is 0. The molecule has 1 aliphatic rings. The summed E-state index contributed by atoms with van der Waals surface area (Å²) in [5.41, 5.74) is 4.79. The number of hydrogen-bond acceptors (Lipinski definition) is 3. The van der Waals surface area contributed by atoms with Crippen molar-refractivity contribution in [2.45, 2.75) is 66.2 Å². The Bertz CT molecular complexity index is 676. The van der Waals surface area contributed by atoms with Gasteiger partial charge in [0.05, 0.1) is 0 Å². The minimum absolute atomic E-state index is 0.0164. The third kappa shape index (κ3) is 7.34. The largest absolute Gasteiger partial charge is 0.300 e. The molecule has 1 N–H and O–H groups in total. The molecule has 1 aromatic rings. The molecule has 4 nitrogen and oxygen atoms in total. The van der Waals surface area contributed by atoms with Crippen LogP contribution in [0.4, 0.5) is 0 Å². The van der Waals surface area contributed by atoms with Crippen LogP contribution in [0.3, 0.4) is 0 Å². The fourth-order valence-corrected chi connectivity index (χ4v) is 2.84. The minimum Gasteiger partial charge on any atom is -0.300 e. The summed E-state index contributed by atoms with van der Waals surface area (Å²) in [5, 5.41) is 2.25. The van der Waals surface area contributed by atoms with Gasteiger partial charge in [0.25, 0.3) is 0 Å². The van der Waals surface area contributed by atoms with Gasteiger partial charge in [0, 0.05) is 18.8 Å². The molecule has 0 aliphatic carbocycles. The first-order valence-corrected chi connectivity index (χ1v) is 9.35. The fraction of sp³-hybridized carbons (Fsp3) is 0.500. The van der Waals surface area contributed by atoms with Crippen LogP contribution in [0, 0.1) is 5.92 Å². The standard InChI is InChI=1S/C16H22O.C6H9NO2/c1-5-6-7-15-11-14(10-13(4)17)8-9-16(15)12(2)3;1-4-2-3-5(8)7-6(4)9/h8-9,11H,2,5-7,10H2,1,3-4H3;4H,2-3H2,1H3,(H,7,8,9). The summed E-state index contributed by atoms with van der Waals surface area (Å²) in [6, 6.07) is 6.31. The van der Waals surface area contributed by atoms with E-state index in [0.29, 0.717) is 19.3 Å². The van der Waals surface area contributed by atoms with Gasteiger partial charge < -0.3 is 0 Å². The van der Waals surface area contributed by atoms with Crippen LogP contribution in [-0.4, -0.2) is 17.6 Å². The topological polar surface area (TPSA) is 63.2 Å². The van der Waals surface area contributed by atoms with Crippen molar-refractivity contribution in [1.82, 2.24) is 5.32 Å². The second-order valence-electron chi connectivity index (χ2n) is 7.11. The Morgan fingerprint density at radius 2 is 1.96 bits per heavy atom. The Kier molecular flexibility index (Phi) is 8.97. The summed E-state index contributed by atoms with van der Waals surface area (Å²) in [6.07, 6.45) is 5.17. The Morgan fingerprint density at radius 3 is 2.46 bits per heavy atom. The molecule has 1 aliphatic heterocycles. The maximum absolute atomic E-state index is 11.1. The van der Waals surface area contributed by atoms with E-state index in [1.807, 2.05) is 19.9 Å². The van der Waals surface area contributed by atoms with Crippen molar-refractivity contribution in [3.8, 4) is 0 Å². The Hall–Kier alpha value is -2.23. The van der Waals surface area contributed by atoms with Crippen molar-refractivity contribution in [1.29, 1.82) is 0 Å². The maximum Gasteiger partial charge on any atom is 0.229 e. The highest BCUT2D eigenvalue weighted by molar-refractivity contribution is 5.98. The summed E-state index contributed by atoms with van der Waals surface area (Å²) in [4.78, 5) is 32.3. The van der Waals surface area contributed by atoms with Gasteiger partial charge in [0.15, 0.2) is 0 Å². The number of ketones is 1. The molecule has 0 saturated carbocycles. The lowest BCUT2D eigenvalue weighted by molar-refractivity contribution is -0.135. The van der Waals surface area contributed by atoms with E-state index in [1.165, 1.54) is 24.0 Å². The molecule has 1 saturated heterocycles. The predicted octanol–water partition coefficient (Wildman–Crippen LogP) is 4.25. The number of piperidine rings is 1. The van der Waals surface area contributed by atoms with Crippen molar-refractivity contribution in [2.75, 3.05) is 0 Å². The molecule has 0 bridgehead atoms. The molecule has 142 valence electrons. The van der Waals surface area contributed by atoms with Crippen molar-refractivity contribution >= 4 is 23.2 Å². The van der Waals surface area contributed by atoms with Gasteiger partial charge in [-0.1, -0.05) is 50.6 Å². The van der Waals surface area contributed by atoms with Gasteiger partial charge in [-0.3, -0.25) is 19.7 Å². The van der Waals surface area contributed by atoms with Gasteiger partial charge in [-0.15, -0.1) is 0 Å². The highest BCUT2D eigenvalue weighted by atomic mass is 16.2. The molecule has 0 aromatic heterocycles. The molecule has 0 spiro atoms. The summed E-state index contributed by atoms with van der Waals surface area (Å²) >= 11 is 0. The second kappa shape index (κ2) is 10.7. The van der Waals surface area contributed by atoms with E-state index in [4.69, 9.17) is 0 Å². The number of carbonyl (C=O) groups is 3. The number of nitrogens with one attached hydrogen (secondary N) is 1. The number of amides is 2. The molecule has 1 aromatic carbocycles. The van der Waals surface area contributed by atoms with E-state index in [1.54, 1.807) is 6.92 Å². The van der Waals surface area contributed by atoms with Gasteiger partial charge in [-0.05, 0) is 49.8 Å². The summed E-state index contributed by atoms with van der Waals surface area (Å²) in [6.45, 7) is 11.7. The number of allylic oxidation sites excluding steroid dienone is 1. The number of benzene rings is 1. The maximum atomic E-state index is 11.1.